The Hall–Kier alpha value is -6.73. The van der Waals surface area contributed by atoms with Crippen LogP contribution < -0.4 is 25.2 Å². The molecule has 17 nitrogen and oxygen atoms in total. The molecule has 3 aromatic carbocycles. The molecule has 13 rings (SSSR count). The van der Waals surface area contributed by atoms with Crippen LogP contribution in [0.15, 0.2) is 76.9 Å². The molecule has 4 N–H and O–H groups in total. The van der Waals surface area contributed by atoms with Gasteiger partial charge in [-0.3, -0.25) is 19.5 Å². The Morgan fingerprint density at radius 1 is 0.961 bits per heavy atom. The smallest absolute Gasteiger partial charge is 0.319 e. The highest BCUT2D eigenvalue weighted by atomic mass is 32.1. The predicted molar refractivity (Wildman–Crippen MR) is 296 cm³/mol. The van der Waals surface area contributed by atoms with Crippen LogP contribution >= 0.6 is 11.3 Å². The van der Waals surface area contributed by atoms with E-state index < -0.39 is 18.1 Å². The Bertz CT molecular complexity index is 3390. The summed E-state index contributed by atoms with van der Waals surface area (Å²) in [6, 6.07) is 20.3. The van der Waals surface area contributed by atoms with Gasteiger partial charge in [-0.2, -0.15) is 9.97 Å². The van der Waals surface area contributed by atoms with Crippen molar-refractivity contribution < 1.29 is 29.1 Å². The second kappa shape index (κ2) is 19.9. The fourth-order valence-corrected chi connectivity index (χ4v) is 14.6. The number of aryl methyl sites for hydroxylation is 1. The third-order valence-corrected chi connectivity index (χ3v) is 18.6. The molecule has 5 aliphatic heterocycles. The monoisotopic (exact) mass is 1060 g/mol. The highest BCUT2D eigenvalue weighted by Gasteiger charge is 2.45. The number of anilines is 2. The largest absolute Gasteiger partial charge is 0.508 e. The second-order valence-electron chi connectivity index (χ2n) is 22.9. The number of pyridine rings is 1. The minimum absolute atomic E-state index is 0.00867. The van der Waals surface area contributed by atoms with Gasteiger partial charge in [0.25, 0.3) is 0 Å². The number of thiazole rings is 1. The van der Waals surface area contributed by atoms with Gasteiger partial charge in [-0.05, 0) is 91.0 Å². The molecule has 9 atom stereocenters. The lowest BCUT2D eigenvalue weighted by atomic mass is 9.79. The molecular formula is C59H67N11O6S. The molecule has 1 aliphatic carbocycles. The molecule has 0 spiro atoms. The number of nitrogens with one attached hydrogen (secondary N) is 2. The number of rotatable bonds is 13. The van der Waals surface area contributed by atoms with Gasteiger partial charge in [-0.15, -0.1) is 11.3 Å². The molecule has 0 radical (unpaired) electrons. The van der Waals surface area contributed by atoms with E-state index in [4.69, 9.17) is 24.2 Å². The third kappa shape index (κ3) is 9.03. The van der Waals surface area contributed by atoms with Crippen LogP contribution in [0, 0.1) is 18.8 Å². The number of piperazine rings is 1. The van der Waals surface area contributed by atoms with Crippen molar-refractivity contribution in [1.82, 2.24) is 45.5 Å². The van der Waals surface area contributed by atoms with Crippen molar-refractivity contribution in [2.24, 2.45) is 11.8 Å². The van der Waals surface area contributed by atoms with Gasteiger partial charge in [0.15, 0.2) is 11.6 Å². The van der Waals surface area contributed by atoms with Crippen molar-refractivity contribution in [3.05, 3.63) is 101 Å². The predicted octanol–water partition coefficient (Wildman–Crippen LogP) is 7.93. The molecule has 5 saturated heterocycles. The average Bonchev–Trinajstić information content (AvgIpc) is 4.42. The summed E-state index contributed by atoms with van der Waals surface area (Å²) in [6.45, 7) is 15.7. The number of hydrogen-bond acceptors (Lipinski definition) is 16. The summed E-state index contributed by atoms with van der Waals surface area (Å²) < 4.78 is 12.7. The van der Waals surface area contributed by atoms with E-state index in [1.165, 1.54) is 5.56 Å². The van der Waals surface area contributed by atoms with Gasteiger partial charge in [-0.1, -0.05) is 68.4 Å². The Balaban J connectivity index is 0.670. The number of β-amino-alcohol motifs (C(OH)–C–C–N with tert-alkyl or cyclic N) is 1. The number of aliphatic hydroxyl groups excluding tert-OH is 1. The number of carbonyl (C=O) groups is 2. The number of fused-ring (bicyclic) bond motifs is 7. The molecule has 9 heterocycles. The summed E-state index contributed by atoms with van der Waals surface area (Å²) in [5.74, 6) is 1.33. The van der Waals surface area contributed by atoms with Gasteiger partial charge >= 0.3 is 6.01 Å². The first-order valence-corrected chi connectivity index (χ1v) is 28.6. The summed E-state index contributed by atoms with van der Waals surface area (Å²) >= 11 is 1.60. The maximum Gasteiger partial charge on any atom is 0.319 e. The summed E-state index contributed by atoms with van der Waals surface area (Å²) in [5.41, 5.74) is 9.68. The van der Waals surface area contributed by atoms with E-state index in [-0.39, 0.29) is 54.4 Å². The minimum Gasteiger partial charge on any atom is -0.508 e. The topological polar surface area (TPSA) is 198 Å². The van der Waals surface area contributed by atoms with Crippen LogP contribution in [0.5, 0.6) is 11.8 Å². The van der Waals surface area contributed by atoms with Gasteiger partial charge in [-0.25, -0.2) is 4.98 Å². The van der Waals surface area contributed by atoms with Crippen LogP contribution in [0.4, 0.5) is 11.6 Å². The molecule has 77 heavy (non-hydrogen) atoms. The van der Waals surface area contributed by atoms with Crippen LogP contribution in [-0.2, 0) is 9.59 Å². The second-order valence-corrected chi connectivity index (χ2v) is 23.7. The number of ether oxygens (including phenoxy) is 1. The molecule has 0 saturated carbocycles. The quantitative estimate of drug-likeness (QED) is 0.0868. The lowest BCUT2D eigenvalue weighted by Gasteiger charge is -2.37. The summed E-state index contributed by atoms with van der Waals surface area (Å²) in [4.78, 5) is 58.3. The van der Waals surface area contributed by atoms with E-state index in [9.17, 15) is 19.8 Å². The number of nitrogens with zero attached hydrogens (tertiary/aromatic N) is 9. The van der Waals surface area contributed by atoms with Crippen molar-refractivity contribution in [3.8, 4) is 33.5 Å². The first-order valence-electron chi connectivity index (χ1n) is 27.7. The fourth-order valence-electron chi connectivity index (χ4n) is 13.8. The molecule has 400 valence electrons. The SMILES string of the molecule is Cc1ncsc1-c1ccc([C@H](C)NC(=O)[C@@H]2C[C@@H](O)CN2C(=O)[C@@H](c2cc(N3CC[C@H]4CN(CCOc5nc(N6CC7CCC(C6)N7)c6cnc7c(c6n5)C(C)c5cccc6cc(O)cc-7c56)CC[C@H]43)no2)C(C)C)cc1. The number of aliphatic hydroxyl groups is 1. The number of phenolic OH excluding ortho intramolecular Hbond substituents is 1. The number of piperidine rings is 1. The van der Waals surface area contributed by atoms with E-state index in [1.54, 1.807) is 16.2 Å². The van der Waals surface area contributed by atoms with Crippen molar-refractivity contribution in [2.45, 2.75) is 115 Å². The lowest BCUT2D eigenvalue weighted by molar-refractivity contribution is -0.141. The van der Waals surface area contributed by atoms with E-state index in [2.05, 4.69) is 60.6 Å². The zero-order valence-electron chi connectivity index (χ0n) is 44.4. The Morgan fingerprint density at radius 2 is 1.78 bits per heavy atom. The number of hydrogen-bond donors (Lipinski definition) is 4. The minimum atomic E-state index is -0.818. The molecule has 7 aromatic rings. The average molecular weight is 1060 g/mol. The van der Waals surface area contributed by atoms with E-state index in [1.807, 2.05) is 81.9 Å². The molecule has 2 amide bonds. The maximum absolute atomic E-state index is 14.6. The zero-order valence-corrected chi connectivity index (χ0v) is 45.2. The van der Waals surface area contributed by atoms with Crippen LogP contribution in [0.3, 0.4) is 0 Å². The highest BCUT2D eigenvalue weighted by Crippen LogP contribution is 2.49. The first-order chi connectivity index (χ1) is 37.3. The number of carbonyl (C=O) groups excluding carboxylic acids is 2. The van der Waals surface area contributed by atoms with Gasteiger partial charge in [0.2, 0.25) is 11.8 Å². The van der Waals surface area contributed by atoms with Crippen molar-refractivity contribution >= 4 is 56.5 Å². The summed E-state index contributed by atoms with van der Waals surface area (Å²) in [6.07, 6.45) is 5.52. The van der Waals surface area contributed by atoms with Crippen LogP contribution in [0.25, 0.3) is 43.4 Å². The van der Waals surface area contributed by atoms with Gasteiger partial charge < -0.3 is 44.8 Å². The van der Waals surface area contributed by atoms with Gasteiger partial charge in [0.05, 0.1) is 44.8 Å². The van der Waals surface area contributed by atoms with Crippen LogP contribution in [0.2, 0.25) is 0 Å². The molecule has 18 heteroatoms. The highest BCUT2D eigenvalue weighted by molar-refractivity contribution is 7.13. The van der Waals surface area contributed by atoms with Crippen molar-refractivity contribution in [2.75, 3.05) is 62.2 Å². The molecule has 3 unspecified atom stereocenters. The number of aromatic nitrogens is 5. The third-order valence-electron chi connectivity index (χ3n) is 17.7. The molecule has 2 bridgehead atoms. The normalized spacial score (nSPS) is 24.7. The van der Waals surface area contributed by atoms with E-state index in [0.717, 1.165) is 137 Å². The van der Waals surface area contributed by atoms with E-state index in [0.29, 0.717) is 36.4 Å². The van der Waals surface area contributed by atoms with Crippen LogP contribution in [-0.4, -0.2) is 140 Å². The standard InChI is InChI=1S/C59H67N11O6S/c1-31(2)50(58(74)70-29-42(72)23-47(70)57(73)62-33(4)35-9-11-36(12-10-35)55-34(5)61-30-77-55)48-24-49(66-76-48)69-18-15-38-26-67(17-16-46(38)69)19-20-75-59-64-54-45(56(65-59)68-27-39-13-14-40(28-68)63-39)25-60-53-44-22-41(71)21-37-7-6-8-43(52(37)44)32(3)51(53)54/h6-12,21-22,24-25,30-33,38-40,42,46-47,50,63,71-72H,13-20,23,26-29H2,1-5H3,(H,62,73)/t32?,33-,38-,39?,40?,42+,46+,47-,50+/m0/s1. The van der Waals surface area contributed by atoms with Crippen LogP contribution in [0.1, 0.15) is 106 Å². The Labute approximate surface area is 452 Å². The molecular weight excluding hydrogens is 991 g/mol. The van der Waals surface area contributed by atoms with Gasteiger partial charge in [0, 0.05) is 99.7 Å². The number of aromatic hydroxyl groups is 1. The number of phenols is 1. The first kappa shape index (κ1) is 49.8. The summed E-state index contributed by atoms with van der Waals surface area (Å²) in [7, 11) is 0. The van der Waals surface area contributed by atoms with E-state index >= 15 is 0 Å². The van der Waals surface area contributed by atoms with Gasteiger partial charge in [0.1, 0.15) is 30.1 Å². The Kier molecular flexibility index (Phi) is 12.9. The lowest BCUT2D eigenvalue weighted by Crippen LogP contribution is -2.51. The zero-order chi connectivity index (χ0) is 52.8. The van der Waals surface area contributed by atoms with Crippen molar-refractivity contribution in [3.63, 3.8) is 0 Å². The molecule has 4 aromatic heterocycles. The maximum atomic E-state index is 14.6. The van der Waals surface area contributed by atoms with Crippen molar-refractivity contribution in [1.29, 1.82) is 0 Å². The molecule has 6 aliphatic rings. The number of amides is 2. The Morgan fingerprint density at radius 3 is 2.56 bits per heavy atom. The number of likely N-dealkylation sites (tertiary alicyclic amines) is 2. The summed E-state index contributed by atoms with van der Waals surface area (Å²) in [5, 5.41) is 36.2. The fraction of sp³-hybridized carbons (Fsp3) is 0.475. The molecule has 5 fully saturated rings. The number of benzene rings is 3.